The molecule has 0 N–H and O–H groups in total. The van der Waals surface area contributed by atoms with E-state index in [9.17, 15) is 19.3 Å². The SMILES string of the molecule is O=C(c1ccc(F)cc1)C1CCN(c2ccc([N+](=O)[O-])cc2Cl)CC1. The molecule has 0 bridgehead atoms. The van der Waals surface area contributed by atoms with Crippen LogP contribution in [0.25, 0.3) is 0 Å². The minimum Gasteiger partial charge on any atom is -0.370 e. The van der Waals surface area contributed by atoms with E-state index >= 15 is 0 Å². The van der Waals surface area contributed by atoms with E-state index in [2.05, 4.69) is 0 Å². The molecule has 25 heavy (non-hydrogen) atoms. The van der Waals surface area contributed by atoms with Crippen molar-refractivity contribution in [3.8, 4) is 0 Å². The summed E-state index contributed by atoms with van der Waals surface area (Å²) >= 11 is 6.17. The van der Waals surface area contributed by atoms with Crippen molar-refractivity contribution in [2.24, 2.45) is 5.92 Å². The fraction of sp³-hybridized carbons (Fsp3) is 0.278. The number of piperidine rings is 1. The molecule has 1 aliphatic rings. The summed E-state index contributed by atoms with van der Waals surface area (Å²) in [7, 11) is 0. The van der Waals surface area contributed by atoms with E-state index in [0.29, 0.717) is 36.5 Å². The van der Waals surface area contributed by atoms with E-state index in [0.717, 1.165) is 5.69 Å². The number of carbonyl (C=O) groups is 1. The molecule has 2 aromatic rings. The Bertz CT molecular complexity index is 802. The van der Waals surface area contributed by atoms with E-state index in [1.807, 2.05) is 4.90 Å². The molecule has 3 rings (SSSR count). The van der Waals surface area contributed by atoms with Gasteiger partial charge in [0.05, 0.1) is 15.6 Å². The number of nitro groups is 1. The summed E-state index contributed by atoms with van der Waals surface area (Å²) in [4.78, 5) is 24.8. The van der Waals surface area contributed by atoms with Gasteiger partial charge in [-0.3, -0.25) is 14.9 Å². The van der Waals surface area contributed by atoms with Crippen LogP contribution in [0.5, 0.6) is 0 Å². The lowest BCUT2D eigenvalue weighted by Crippen LogP contribution is -2.36. The molecule has 0 aliphatic carbocycles. The lowest BCUT2D eigenvalue weighted by Gasteiger charge is -2.33. The zero-order valence-electron chi connectivity index (χ0n) is 13.3. The number of hydrogen-bond acceptors (Lipinski definition) is 4. The Labute approximate surface area is 149 Å². The summed E-state index contributed by atoms with van der Waals surface area (Å²) in [5.41, 5.74) is 1.21. The van der Waals surface area contributed by atoms with Gasteiger partial charge >= 0.3 is 0 Å². The number of hydrogen-bond donors (Lipinski definition) is 0. The maximum absolute atomic E-state index is 13.0. The first-order valence-electron chi connectivity index (χ1n) is 7.94. The summed E-state index contributed by atoms with van der Waals surface area (Å²) in [5.74, 6) is -0.452. The van der Waals surface area contributed by atoms with Crippen LogP contribution < -0.4 is 4.90 Å². The maximum atomic E-state index is 13.0. The number of ketones is 1. The van der Waals surface area contributed by atoms with Crippen molar-refractivity contribution in [2.75, 3.05) is 18.0 Å². The number of rotatable bonds is 4. The quantitative estimate of drug-likeness (QED) is 0.457. The molecular weight excluding hydrogens is 347 g/mol. The van der Waals surface area contributed by atoms with Crippen LogP contribution in [-0.2, 0) is 0 Å². The average Bonchev–Trinajstić information content (AvgIpc) is 2.62. The summed E-state index contributed by atoms with van der Waals surface area (Å²) in [6.07, 6.45) is 1.31. The van der Waals surface area contributed by atoms with E-state index in [4.69, 9.17) is 11.6 Å². The van der Waals surface area contributed by atoms with E-state index in [1.54, 1.807) is 6.07 Å². The second kappa shape index (κ2) is 7.19. The zero-order chi connectivity index (χ0) is 18.0. The molecule has 0 aromatic heterocycles. The molecule has 0 atom stereocenters. The highest BCUT2D eigenvalue weighted by molar-refractivity contribution is 6.33. The van der Waals surface area contributed by atoms with Crippen molar-refractivity contribution in [2.45, 2.75) is 12.8 Å². The smallest absolute Gasteiger partial charge is 0.271 e. The van der Waals surface area contributed by atoms with Crippen LogP contribution in [0.4, 0.5) is 15.8 Å². The second-order valence-electron chi connectivity index (χ2n) is 6.03. The molecule has 0 unspecified atom stereocenters. The van der Waals surface area contributed by atoms with Gasteiger partial charge in [-0.15, -0.1) is 0 Å². The minimum atomic E-state index is -0.483. The highest BCUT2D eigenvalue weighted by atomic mass is 35.5. The molecule has 7 heteroatoms. The molecule has 0 spiro atoms. The van der Waals surface area contributed by atoms with E-state index in [-0.39, 0.29) is 23.2 Å². The number of Topliss-reactive ketones (excluding diaryl/α,β-unsaturated/α-hetero) is 1. The van der Waals surface area contributed by atoms with Crippen molar-refractivity contribution in [3.05, 3.63) is 69.0 Å². The van der Waals surface area contributed by atoms with Gasteiger partial charge in [0.2, 0.25) is 0 Å². The topological polar surface area (TPSA) is 63.5 Å². The van der Waals surface area contributed by atoms with Crippen LogP contribution in [0.2, 0.25) is 5.02 Å². The van der Waals surface area contributed by atoms with Crippen LogP contribution in [-0.4, -0.2) is 23.8 Å². The van der Waals surface area contributed by atoms with Gasteiger partial charge in [-0.25, -0.2) is 4.39 Å². The van der Waals surface area contributed by atoms with E-state index < -0.39 is 4.92 Å². The molecule has 130 valence electrons. The number of nitrogens with zero attached hydrogens (tertiary/aromatic N) is 2. The first-order valence-corrected chi connectivity index (χ1v) is 8.32. The Morgan fingerprint density at radius 2 is 1.80 bits per heavy atom. The highest BCUT2D eigenvalue weighted by Crippen LogP contribution is 2.33. The largest absolute Gasteiger partial charge is 0.370 e. The molecule has 5 nitrogen and oxygen atoms in total. The summed E-state index contributed by atoms with van der Waals surface area (Å²) in [6.45, 7) is 1.27. The molecule has 1 heterocycles. The molecular formula is C18H16ClFN2O3. The summed E-state index contributed by atoms with van der Waals surface area (Å²) < 4.78 is 13.0. The van der Waals surface area contributed by atoms with Crippen LogP contribution in [0.3, 0.4) is 0 Å². The Morgan fingerprint density at radius 3 is 2.36 bits per heavy atom. The Hall–Kier alpha value is -2.47. The zero-order valence-corrected chi connectivity index (χ0v) is 14.1. The predicted octanol–water partition coefficient (Wildman–Crippen LogP) is 4.49. The van der Waals surface area contributed by atoms with Crippen molar-refractivity contribution in [3.63, 3.8) is 0 Å². The first-order chi connectivity index (χ1) is 12.0. The molecule has 2 aromatic carbocycles. The third kappa shape index (κ3) is 3.79. The Balaban J connectivity index is 1.66. The lowest BCUT2D eigenvalue weighted by atomic mass is 9.88. The Morgan fingerprint density at radius 1 is 1.16 bits per heavy atom. The van der Waals surface area contributed by atoms with Crippen molar-refractivity contribution in [1.29, 1.82) is 0 Å². The molecule has 0 radical (unpaired) electrons. The summed E-state index contributed by atoms with van der Waals surface area (Å²) in [6, 6.07) is 10.0. The van der Waals surface area contributed by atoms with Gasteiger partial charge in [-0.2, -0.15) is 0 Å². The van der Waals surface area contributed by atoms with E-state index in [1.165, 1.54) is 36.4 Å². The minimum absolute atomic E-state index is 0.0226. The molecule has 0 saturated carbocycles. The van der Waals surface area contributed by atoms with Crippen molar-refractivity contribution in [1.82, 2.24) is 0 Å². The van der Waals surface area contributed by atoms with Crippen molar-refractivity contribution < 1.29 is 14.1 Å². The number of halogens is 2. The number of non-ortho nitro benzene ring substituents is 1. The van der Waals surface area contributed by atoms with Crippen LogP contribution in [0, 0.1) is 21.8 Å². The normalized spacial score (nSPS) is 15.2. The van der Waals surface area contributed by atoms with Gasteiger partial charge in [-0.05, 0) is 43.2 Å². The monoisotopic (exact) mass is 362 g/mol. The number of anilines is 1. The van der Waals surface area contributed by atoms with Gasteiger partial charge in [0, 0.05) is 36.7 Å². The van der Waals surface area contributed by atoms with Gasteiger partial charge in [-0.1, -0.05) is 11.6 Å². The summed E-state index contributed by atoms with van der Waals surface area (Å²) in [5, 5.41) is 11.1. The highest BCUT2D eigenvalue weighted by Gasteiger charge is 2.27. The molecule has 1 aliphatic heterocycles. The first kappa shape index (κ1) is 17.4. The van der Waals surface area contributed by atoms with Crippen molar-refractivity contribution >= 4 is 28.8 Å². The molecule has 0 amide bonds. The third-order valence-electron chi connectivity index (χ3n) is 4.48. The lowest BCUT2D eigenvalue weighted by molar-refractivity contribution is -0.384. The predicted molar refractivity (Wildman–Crippen MR) is 93.8 cm³/mol. The van der Waals surface area contributed by atoms with Crippen LogP contribution in [0.15, 0.2) is 42.5 Å². The molecule has 1 saturated heterocycles. The number of carbonyl (C=O) groups excluding carboxylic acids is 1. The van der Waals surface area contributed by atoms with Crippen LogP contribution >= 0.6 is 11.6 Å². The van der Waals surface area contributed by atoms with Crippen LogP contribution in [0.1, 0.15) is 23.2 Å². The fourth-order valence-corrected chi connectivity index (χ4v) is 3.39. The Kier molecular flexibility index (Phi) is 4.99. The number of nitro benzene ring substituents is 1. The third-order valence-corrected chi connectivity index (χ3v) is 4.78. The fourth-order valence-electron chi connectivity index (χ4n) is 3.10. The number of benzene rings is 2. The molecule has 1 fully saturated rings. The van der Waals surface area contributed by atoms with Gasteiger partial charge < -0.3 is 4.90 Å². The maximum Gasteiger partial charge on any atom is 0.271 e. The standard InChI is InChI=1S/C18H16ClFN2O3/c19-16-11-15(22(24)25)5-6-17(16)21-9-7-13(8-10-21)18(23)12-1-3-14(20)4-2-12/h1-6,11,13H,7-10H2. The average molecular weight is 363 g/mol. The second-order valence-corrected chi connectivity index (χ2v) is 6.43. The van der Waals surface area contributed by atoms with Gasteiger partial charge in [0.15, 0.2) is 5.78 Å². The van der Waals surface area contributed by atoms with Gasteiger partial charge in [0.25, 0.3) is 5.69 Å². The van der Waals surface area contributed by atoms with Gasteiger partial charge in [0.1, 0.15) is 5.82 Å².